The molecule has 0 saturated carbocycles. The fraction of sp³-hybridized carbons (Fsp3) is 0.364. The third-order valence-corrected chi connectivity index (χ3v) is 2.24. The summed E-state index contributed by atoms with van der Waals surface area (Å²) in [6.45, 7) is 4.05. The quantitative estimate of drug-likeness (QED) is 0.608. The number of carbonyl (C=O) groups is 1. The van der Waals surface area contributed by atoms with Crippen molar-refractivity contribution in [2.75, 3.05) is 0 Å². The van der Waals surface area contributed by atoms with Crippen molar-refractivity contribution in [3.05, 3.63) is 29.8 Å². The second-order valence-corrected chi connectivity index (χ2v) is 3.99. The van der Waals surface area contributed by atoms with Crippen LogP contribution in [0.25, 0.3) is 0 Å². The van der Waals surface area contributed by atoms with Gasteiger partial charge in [-0.25, -0.2) is 0 Å². The summed E-state index contributed by atoms with van der Waals surface area (Å²) < 4.78 is 0. The van der Waals surface area contributed by atoms with E-state index in [-0.39, 0.29) is 11.8 Å². The van der Waals surface area contributed by atoms with Crippen LogP contribution in [-0.4, -0.2) is 23.1 Å². The highest BCUT2D eigenvalue weighted by molar-refractivity contribution is 6.58. The minimum Gasteiger partial charge on any atom is -0.423 e. The highest BCUT2D eigenvalue weighted by Crippen LogP contribution is 1.98. The Morgan fingerprint density at radius 3 is 2.69 bits per heavy atom. The highest BCUT2D eigenvalue weighted by atomic mass is 16.4. The van der Waals surface area contributed by atoms with Gasteiger partial charge in [-0.3, -0.25) is 4.79 Å². The van der Waals surface area contributed by atoms with Crippen molar-refractivity contribution in [2.24, 2.45) is 5.92 Å². The maximum Gasteiger partial charge on any atom is 0.488 e. The van der Waals surface area contributed by atoms with Crippen LogP contribution in [-0.2, 0) is 11.3 Å². The zero-order chi connectivity index (χ0) is 12.1. The second-order valence-electron chi connectivity index (χ2n) is 3.99. The Labute approximate surface area is 95.4 Å². The Hall–Kier alpha value is -1.33. The molecule has 0 heterocycles. The first-order chi connectivity index (χ1) is 7.50. The maximum absolute atomic E-state index is 11.3. The Morgan fingerprint density at radius 1 is 1.44 bits per heavy atom. The molecule has 0 unspecified atom stereocenters. The van der Waals surface area contributed by atoms with Crippen LogP contribution in [0.1, 0.15) is 19.4 Å². The highest BCUT2D eigenvalue weighted by Gasteiger charge is 2.11. The number of hydrogen-bond acceptors (Lipinski definition) is 3. The van der Waals surface area contributed by atoms with E-state index in [2.05, 4.69) is 5.32 Å². The normalized spacial score (nSPS) is 10.3. The van der Waals surface area contributed by atoms with Crippen molar-refractivity contribution < 1.29 is 14.8 Å². The molecule has 5 heteroatoms. The molecule has 0 radical (unpaired) electrons. The molecule has 0 fully saturated rings. The standard InChI is InChI=1S/C11H16BNO3/c1-8(2)11(14)13-7-9-4-3-5-10(6-9)12(15)16/h3-6,8,15-16H,7H2,1-2H3,(H,13,14). The van der Waals surface area contributed by atoms with E-state index in [9.17, 15) is 4.79 Å². The number of amides is 1. The van der Waals surface area contributed by atoms with Crippen LogP contribution in [0.3, 0.4) is 0 Å². The zero-order valence-electron chi connectivity index (χ0n) is 9.47. The van der Waals surface area contributed by atoms with Gasteiger partial charge < -0.3 is 15.4 Å². The molecule has 0 atom stereocenters. The molecule has 86 valence electrons. The van der Waals surface area contributed by atoms with E-state index in [0.29, 0.717) is 12.0 Å². The summed E-state index contributed by atoms with van der Waals surface area (Å²) in [6.07, 6.45) is 0. The van der Waals surface area contributed by atoms with E-state index >= 15 is 0 Å². The first-order valence-corrected chi connectivity index (χ1v) is 5.23. The average molecular weight is 221 g/mol. The molecule has 1 aromatic carbocycles. The van der Waals surface area contributed by atoms with Crippen molar-refractivity contribution in [1.29, 1.82) is 0 Å². The number of hydrogen-bond donors (Lipinski definition) is 3. The third-order valence-electron chi connectivity index (χ3n) is 2.24. The lowest BCUT2D eigenvalue weighted by atomic mass is 9.79. The van der Waals surface area contributed by atoms with E-state index in [0.717, 1.165) is 5.56 Å². The van der Waals surface area contributed by atoms with Gasteiger partial charge in [0, 0.05) is 12.5 Å². The van der Waals surface area contributed by atoms with Gasteiger partial charge in [0.25, 0.3) is 0 Å². The molecule has 4 nitrogen and oxygen atoms in total. The van der Waals surface area contributed by atoms with Gasteiger partial charge in [-0.2, -0.15) is 0 Å². The van der Waals surface area contributed by atoms with Crippen LogP contribution in [0, 0.1) is 5.92 Å². The SMILES string of the molecule is CC(C)C(=O)NCc1cccc(B(O)O)c1. The summed E-state index contributed by atoms with van der Waals surface area (Å²) in [4.78, 5) is 11.3. The number of carbonyl (C=O) groups excluding carboxylic acids is 1. The molecule has 1 amide bonds. The molecule has 16 heavy (non-hydrogen) atoms. The Balaban J connectivity index is 2.61. The van der Waals surface area contributed by atoms with E-state index in [1.807, 2.05) is 19.9 Å². The van der Waals surface area contributed by atoms with E-state index in [4.69, 9.17) is 10.0 Å². The monoisotopic (exact) mass is 221 g/mol. The lowest BCUT2D eigenvalue weighted by Gasteiger charge is -2.08. The molecule has 0 spiro atoms. The molecule has 0 bridgehead atoms. The molecule has 0 aliphatic heterocycles. The largest absolute Gasteiger partial charge is 0.488 e. The van der Waals surface area contributed by atoms with Crippen molar-refractivity contribution in [3.63, 3.8) is 0 Å². The molecule has 0 saturated heterocycles. The summed E-state index contributed by atoms with van der Waals surface area (Å²) >= 11 is 0. The van der Waals surface area contributed by atoms with Gasteiger partial charge in [0.2, 0.25) is 5.91 Å². The average Bonchev–Trinajstić information content (AvgIpc) is 2.26. The fourth-order valence-electron chi connectivity index (χ4n) is 1.26. The van der Waals surface area contributed by atoms with Gasteiger partial charge in [0.1, 0.15) is 0 Å². The molecular weight excluding hydrogens is 205 g/mol. The van der Waals surface area contributed by atoms with Gasteiger partial charge in [-0.1, -0.05) is 38.1 Å². The molecule has 3 N–H and O–H groups in total. The summed E-state index contributed by atoms with van der Waals surface area (Å²) in [7, 11) is -1.47. The van der Waals surface area contributed by atoms with Gasteiger partial charge >= 0.3 is 7.12 Å². The minimum atomic E-state index is -1.47. The van der Waals surface area contributed by atoms with Crippen LogP contribution >= 0.6 is 0 Å². The van der Waals surface area contributed by atoms with E-state index in [1.54, 1.807) is 18.2 Å². The Kier molecular flexibility index (Phi) is 4.52. The predicted octanol–water partition coefficient (Wildman–Crippen LogP) is -0.361. The van der Waals surface area contributed by atoms with Crippen molar-refractivity contribution >= 4 is 18.5 Å². The lowest BCUT2D eigenvalue weighted by Crippen LogP contribution is -2.31. The molecule has 1 rings (SSSR count). The Bertz CT molecular complexity index is 366. The molecule has 0 aliphatic carbocycles. The predicted molar refractivity (Wildman–Crippen MR) is 63.0 cm³/mol. The van der Waals surface area contributed by atoms with Crippen LogP contribution in [0.5, 0.6) is 0 Å². The van der Waals surface area contributed by atoms with Crippen LogP contribution in [0.15, 0.2) is 24.3 Å². The first kappa shape index (κ1) is 12.7. The van der Waals surface area contributed by atoms with Crippen molar-refractivity contribution in [1.82, 2.24) is 5.32 Å². The number of rotatable bonds is 4. The van der Waals surface area contributed by atoms with Crippen LogP contribution < -0.4 is 10.8 Å². The van der Waals surface area contributed by atoms with Crippen molar-refractivity contribution in [2.45, 2.75) is 20.4 Å². The third kappa shape index (κ3) is 3.68. The summed E-state index contributed by atoms with van der Waals surface area (Å²) in [5, 5.41) is 20.7. The molecule has 0 aliphatic rings. The van der Waals surface area contributed by atoms with Gasteiger partial charge in [-0.15, -0.1) is 0 Å². The van der Waals surface area contributed by atoms with Gasteiger partial charge in [0.05, 0.1) is 0 Å². The second kappa shape index (κ2) is 5.68. The first-order valence-electron chi connectivity index (χ1n) is 5.23. The topological polar surface area (TPSA) is 69.6 Å². The maximum atomic E-state index is 11.3. The summed E-state index contributed by atoms with van der Waals surface area (Å²) in [5.41, 5.74) is 1.27. The van der Waals surface area contributed by atoms with Gasteiger partial charge in [0.15, 0.2) is 0 Å². The summed E-state index contributed by atoms with van der Waals surface area (Å²) in [5.74, 6) is -0.0680. The number of nitrogens with one attached hydrogen (secondary N) is 1. The molecular formula is C11H16BNO3. The number of benzene rings is 1. The zero-order valence-corrected chi connectivity index (χ0v) is 9.47. The summed E-state index contributed by atoms with van der Waals surface area (Å²) in [6, 6.07) is 6.84. The van der Waals surface area contributed by atoms with E-state index < -0.39 is 7.12 Å². The van der Waals surface area contributed by atoms with Crippen LogP contribution in [0.4, 0.5) is 0 Å². The van der Waals surface area contributed by atoms with Gasteiger partial charge in [-0.05, 0) is 11.0 Å². The van der Waals surface area contributed by atoms with Crippen molar-refractivity contribution in [3.8, 4) is 0 Å². The Morgan fingerprint density at radius 2 is 2.12 bits per heavy atom. The molecule has 1 aromatic rings. The smallest absolute Gasteiger partial charge is 0.423 e. The fourth-order valence-corrected chi connectivity index (χ4v) is 1.26. The van der Waals surface area contributed by atoms with E-state index in [1.165, 1.54) is 0 Å². The minimum absolute atomic E-state index is 0.0186. The van der Waals surface area contributed by atoms with Crippen LogP contribution in [0.2, 0.25) is 0 Å². The lowest BCUT2D eigenvalue weighted by molar-refractivity contribution is -0.124. The molecule has 0 aromatic heterocycles.